The first kappa shape index (κ1) is 11.8. The first-order valence-electron chi connectivity index (χ1n) is 5.18. The number of likely N-dealkylation sites (N-methyl/N-ethyl adjacent to an activating group) is 1. The summed E-state index contributed by atoms with van der Waals surface area (Å²) in [4.78, 5) is 25.7. The van der Waals surface area contributed by atoms with Crippen LogP contribution in [0.4, 0.5) is 4.79 Å². The van der Waals surface area contributed by atoms with Crippen molar-refractivity contribution in [1.82, 2.24) is 15.1 Å². The largest absolute Gasteiger partial charge is 0.351 e. The van der Waals surface area contributed by atoms with Gasteiger partial charge in [-0.15, -0.1) is 0 Å². The lowest BCUT2D eigenvalue weighted by Gasteiger charge is -2.29. The molecule has 15 heavy (non-hydrogen) atoms. The molecule has 3 N–H and O–H groups in total. The average molecular weight is 214 g/mol. The number of nitrogens with two attached hydrogens (primary N) is 1. The Bertz CT molecular complexity index is 238. The van der Waals surface area contributed by atoms with Gasteiger partial charge in [0.15, 0.2) is 0 Å². The number of urea groups is 1. The number of nitrogens with one attached hydrogen (secondary N) is 1. The first-order chi connectivity index (χ1) is 7.15. The molecule has 1 rings (SSSR count). The van der Waals surface area contributed by atoms with Gasteiger partial charge in [0.2, 0.25) is 5.91 Å². The van der Waals surface area contributed by atoms with Crippen molar-refractivity contribution in [2.45, 2.75) is 6.92 Å². The van der Waals surface area contributed by atoms with Gasteiger partial charge >= 0.3 is 6.03 Å². The van der Waals surface area contributed by atoms with Crippen LogP contribution in [-0.4, -0.2) is 61.0 Å². The van der Waals surface area contributed by atoms with E-state index in [9.17, 15) is 9.59 Å². The molecule has 0 atom stereocenters. The maximum atomic E-state index is 11.7. The molecule has 6 nitrogen and oxygen atoms in total. The molecule has 86 valence electrons. The van der Waals surface area contributed by atoms with Crippen LogP contribution >= 0.6 is 0 Å². The van der Waals surface area contributed by atoms with Crippen LogP contribution in [0.1, 0.15) is 6.92 Å². The van der Waals surface area contributed by atoms with E-state index in [0.717, 1.165) is 13.1 Å². The molecule has 1 aliphatic heterocycles. The molecule has 1 saturated heterocycles. The lowest BCUT2D eigenvalue weighted by molar-refractivity contribution is -0.132. The minimum Gasteiger partial charge on any atom is -0.351 e. The Balaban J connectivity index is 2.42. The Morgan fingerprint density at radius 1 is 1.40 bits per heavy atom. The first-order valence-corrected chi connectivity index (χ1v) is 5.18. The van der Waals surface area contributed by atoms with Gasteiger partial charge < -0.3 is 20.9 Å². The molecular formula is C9H18N4O2. The quantitative estimate of drug-likeness (QED) is 0.620. The monoisotopic (exact) mass is 214 g/mol. The Morgan fingerprint density at radius 2 is 2.00 bits per heavy atom. The van der Waals surface area contributed by atoms with Gasteiger partial charge in [-0.05, 0) is 6.92 Å². The topological polar surface area (TPSA) is 78.7 Å². The number of primary amides is 1. The number of amides is 3. The van der Waals surface area contributed by atoms with Gasteiger partial charge in [-0.1, -0.05) is 0 Å². The van der Waals surface area contributed by atoms with E-state index in [1.165, 1.54) is 4.90 Å². The fraction of sp³-hybridized carbons (Fsp3) is 0.778. The summed E-state index contributed by atoms with van der Waals surface area (Å²) >= 11 is 0. The molecule has 0 aliphatic carbocycles. The molecule has 1 fully saturated rings. The molecule has 0 aromatic rings. The van der Waals surface area contributed by atoms with E-state index in [-0.39, 0.29) is 12.5 Å². The lowest BCUT2D eigenvalue weighted by Crippen LogP contribution is -2.51. The Morgan fingerprint density at radius 3 is 2.47 bits per heavy atom. The molecule has 3 amide bonds. The standard InChI is InChI=1S/C9H18N4O2/c1-2-12(9(10)15)7-8(14)13-5-3-11-4-6-13/h11H,2-7H2,1H3,(H2,10,15). The van der Waals surface area contributed by atoms with Crippen molar-refractivity contribution in [3.63, 3.8) is 0 Å². The summed E-state index contributed by atoms with van der Waals surface area (Å²) in [7, 11) is 0. The molecule has 1 heterocycles. The number of nitrogens with zero attached hydrogens (tertiary/aromatic N) is 2. The highest BCUT2D eigenvalue weighted by Gasteiger charge is 2.19. The van der Waals surface area contributed by atoms with Crippen molar-refractivity contribution >= 4 is 11.9 Å². The fourth-order valence-corrected chi connectivity index (χ4v) is 1.52. The fourth-order valence-electron chi connectivity index (χ4n) is 1.52. The summed E-state index contributed by atoms with van der Waals surface area (Å²) in [5.74, 6) is -0.0304. The van der Waals surface area contributed by atoms with Crippen LogP contribution in [0.3, 0.4) is 0 Å². The SMILES string of the molecule is CCN(CC(=O)N1CCNCC1)C(N)=O. The Kier molecular flexibility index (Phi) is 4.36. The van der Waals surface area contributed by atoms with Gasteiger partial charge in [-0.2, -0.15) is 0 Å². The number of hydrogen-bond acceptors (Lipinski definition) is 3. The molecule has 0 bridgehead atoms. The highest BCUT2D eigenvalue weighted by atomic mass is 16.2. The zero-order valence-electron chi connectivity index (χ0n) is 9.03. The second kappa shape index (κ2) is 5.55. The highest BCUT2D eigenvalue weighted by Crippen LogP contribution is 1.96. The van der Waals surface area contributed by atoms with Gasteiger partial charge in [-0.25, -0.2) is 4.79 Å². The van der Waals surface area contributed by atoms with E-state index in [4.69, 9.17) is 5.73 Å². The molecule has 0 saturated carbocycles. The molecule has 6 heteroatoms. The van der Waals surface area contributed by atoms with E-state index < -0.39 is 6.03 Å². The third kappa shape index (κ3) is 3.39. The van der Waals surface area contributed by atoms with E-state index in [1.807, 2.05) is 0 Å². The molecule has 1 aliphatic rings. The summed E-state index contributed by atoms with van der Waals surface area (Å²) in [5.41, 5.74) is 5.13. The molecule has 0 spiro atoms. The highest BCUT2D eigenvalue weighted by molar-refractivity contribution is 5.83. The zero-order valence-corrected chi connectivity index (χ0v) is 9.03. The third-order valence-electron chi connectivity index (χ3n) is 2.49. The molecule has 0 aromatic carbocycles. The van der Waals surface area contributed by atoms with Crippen LogP contribution in [0.25, 0.3) is 0 Å². The minimum absolute atomic E-state index is 0.0304. The zero-order chi connectivity index (χ0) is 11.3. The van der Waals surface area contributed by atoms with Crippen LogP contribution in [-0.2, 0) is 4.79 Å². The molecule has 0 unspecified atom stereocenters. The normalized spacial score (nSPS) is 16.2. The van der Waals surface area contributed by atoms with Crippen LogP contribution in [0, 0.1) is 0 Å². The maximum Gasteiger partial charge on any atom is 0.315 e. The van der Waals surface area contributed by atoms with Crippen molar-refractivity contribution < 1.29 is 9.59 Å². The predicted molar refractivity (Wildman–Crippen MR) is 56.3 cm³/mol. The van der Waals surface area contributed by atoms with Crippen LogP contribution in [0.5, 0.6) is 0 Å². The van der Waals surface area contributed by atoms with Crippen LogP contribution in [0.15, 0.2) is 0 Å². The summed E-state index contributed by atoms with van der Waals surface area (Å²) in [6.07, 6.45) is 0. The van der Waals surface area contributed by atoms with Gasteiger partial charge in [0.1, 0.15) is 6.54 Å². The maximum absolute atomic E-state index is 11.7. The molecule has 0 aromatic heterocycles. The van der Waals surface area contributed by atoms with Crippen molar-refractivity contribution in [2.75, 3.05) is 39.3 Å². The smallest absolute Gasteiger partial charge is 0.315 e. The van der Waals surface area contributed by atoms with Gasteiger partial charge in [0.05, 0.1) is 0 Å². The number of rotatable bonds is 3. The molecule has 0 radical (unpaired) electrons. The van der Waals surface area contributed by atoms with Gasteiger partial charge in [-0.3, -0.25) is 4.79 Å². The van der Waals surface area contributed by atoms with Crippen molar-refractivity contribution in [3.8, 4) is 0 Å². The number of piperazine rings is 1. The molecular weight excluding hydrogens is 196 g/mol. The van der Waals surface area contributed by atoms with E-state index in [1.54, 1.807) is 11.8 Å². The summed E-state index contributed by atoms with van der Waals surface area (Å²) < 4.78 is 0. The summed E-state index contributed by atoms with van der Waals surface area (Å²) in [5, 5.41) is 3.16. The van der Waals surface area contributed by atoms with Crippen LogP contribution < -0.4 is 11.1 Å². The lowest BCUT2D eigenvalue weighted by atomic mass is 10.3. The van der Waals surface area contributed by atoms with E-state index in [0.29, 0.717) is 19.6 Å². The van der Waals surface area contributed by atoms with E-state index >= 15 is 0 Å². The number of carbonyl (C=O) groups is 2. The van der Waals surface area contributed by atoms with Crippen molar-refractivity contribution in [3.05, 3.63) is 0 Å². The number of carbonyl (C=O) groups excluding carboxylic acids is 2. The summed E-state index contributed by atoms with van der Waals surface area (Å²) in [6, 6.07) is -0.541. The van der Waals surface area contributed by atoms with Crippen molar-refractivity contribution in [2.24, 2.45) is 5.73 Å². The second-order valence-electron chi connectivity index (χ2n) is 3.48. The average Bonchev–Trinajstić information content (AvgIpc) is 2.26. The van der Waals surface area contributed by atoms with E-state index in [2.05, 4.69) is 5.32 Å². The second-order valence-corrected chi connectivity index (χ2v) is 3.48. The van der Waals surface area contributed by atoms with Gasteiger partial charge in [0, 0.05) is 32.7 Å². The number of hydrogen-bond donors (Lipinski definition) is 2. The van der Waals surface area contributed by atoms with Crippen LogP contribution in [0.2, 0.25) is 0 Å². The Hall–Kier alpha value is -1.30. The van der Waals surface area contributed by atoms with Crippen molar-refractivity contribution in [1.29, 1.82) is 0 Å². The Labute approximate surface area is 89.4 Å². The summed E-state index contributed by atoms with van der Waals surface area (Å²) in [6.45, 7) is 5.39. The third-order valence-corrected chi connectivity index (χ3v) is 2.49. The minimum atomic E-state index is -0.541. The predicted octanol–water partition coefficient (Wildman–Crippen LogP) is -1.18. The van der Waals surface area contributed by atoms with Gasteiger partial charge in [0.25, 0.3) is 0 Å².